The van der Waals surface area contributed by atoms with Crippen molar-refractivity contribution >= 4 is 27.3 Å². The number of amides is 1. The number of sulfonamides is 1. The molecular weight excluding hydrogens is 322 g/mol. The van der Waals surface area contributed by atoms with Crippen LogP contribution in [0, 0.1) is 0 Å². The van der Waals surface area contributed by atoms with Gasteiger partial charge in [-0.25, -0.2) is 8.42 Å². The Morgan fingerprint density at radius 3 is 2.82 bits per heavy atom. The standard InChI is InChI=1S/C14H21N3O3S2/c18-14(16-10-11-4-3-6-15-11)13-12(5-9-21-13)22(19,20)17-7-1-2-8-17/h5,9,11,15H,1-4,6-8,10H2,(H,16,18). The number of hydrogen-bond acceptors (Lipinski definition) is 5. The number of hydrogen-bond donors (Lipinski definition) is 2. The molecule has 0 aliphatic carbocycles. The Kier molecular flexibility index (Phi) is 4.82. The number of nitrogens with zero attached hydrogens (tertiary/aromatic N) is 1. The lowest BCUT2D eigenvalue weighted by Crippen LogP contribution is -2.37. The van der Waals surface area contributed by atoms with E-state index in [1.165, 1.54) is 15.6 Å². The Labute approximate surface area is 134 Å². The summed E-state index contributed by atoms with van der Waals surface area (Å²) in [5.41, 5.74) is 0. The molecule has 2 aliphatic rings. The van der Waals surface area contributed by atoms with Crippen LogP contribution in [0.5, 0.6) is 0 Å². The van der Waals surface area contributed by atoms with Crippen molar-refractivity contribution in [1.29, 1.82) is 0 Å². The lowest BCUT2D eigenvalue weighted by molar-refractivity contribution is 0.0951. The minimum absolute atomic E-state index is 0.149. The topological polar surface area (TPSA) is 78.5 Å². The van der Waals surface area contributed by atoms with Gasteiger partial charge in [-0.2, -0.15) is 4.31 Å². The van der Waals surface area contributed by atoms with E-state index in [9.17, 15) is 13.2 Å². The number of carbonyl (C=O) groups is 1. The highest BCUT2D eigenvalue weighted by Gasteiger charge is 2.31. The van der Waals surface area contributed by atoms with E-state index in [-0.39, 0.29) is 10.8 Å². The molecule has 1 aromatic rings. The molecule has 2 fully saturated rings. The molecule has 0 aromatic carbocycles. The minimum Gasteiger partial charge on any atom is -0.350 e. The Bertz CT molecular complexity index is 630. The van der Waals surface area contributed by atoms with Crippen molar-refractivity contribution in [3.05, 3.63) is 16.3 Å². The smallest absolute Gasteiger partial charge is 0.262 e. The molecule has 8 heteroatoms. The molecule has 122 valence electrons. The van der Waals surface area contributed by atoms with Crippen LogP contribution in [0.15, 0.2) is 16.3 Å². The SMILES string of the molecule is O=C(NCC1CCCN1)c1sccc1S(=O)(=O)N1CCCC1. The Morgan fingerprint density at radius 2 is 2.14 bits per heavy atom. The molecule has 0 saturated carbocycles. The van der Waals surface area contributed by atoms with Crippen molar-refractivity contribution in [2.24, 2.45) is 0 Å². The predicted molar refractivity (Wildman–Crippen MR) is 85.7 cm³/mol. The van der Waals surface area contributed by atoms with Gasteiger partial charge in [-0.3, -0.25) is 4.79 Å². The fourth-order valence-corrected chi connectivity index (χ4v) is 5.79. The third kappa shape index (κ3) is 3.19. The average molecular weight is 343 g/mol. The van der Waals surface area contributed by atoms with E-state index in [4.69, 9.17) is 0 Å². The Balaban J connectivity index is 1.72. The highest BCUT2D eigenvalue weighted by molar-refractivity contribution is 7.89. The monoisotopic (exact) mass is 343 g/mol. The van der Waals surface area contributed by atoms with Gasteiger partial charge < -0.3 is 10.6 Å². The van der Waals surface area contributed by atoms with Gasteiger partial charge in [-0.1, -0.05) is 0 Å². The number of nitrogens with one attached hydrogen (secondary N) is 2. The minimum atomic E-state index is -3.54. The zero-order chi connectivity index (χ0) is 15.6. The molecule has 2 aliphatic heterocycles. The number of carbonyl (C=O) groups excluding carboxylic acids is 1. The van der Waals surface area contributed by atoms with Crippen molar-refractivity contribution in [1.82, 2.24) is 14.9 Å². The van der Waals surface area contributed by atoms with E-state index in [1.54, 1.807) is 11.4 Å². The summed E-state index contributed by atoms with van der Waals surface area (Å²) in [6, 6.07) is 1.84. The second-order valence-electron chi connectivity index (χ2n) is 5.73. The van der Waals surface area contributed by atoms with E-state index >= 15 is 0 Å². The summed E-state index contributed by atoms with van der Waals surface area (Å²) in [7, 11) is -3.54. The van der Waals surface area contributed by atoms with Crippen LogP contribution < -0.4 is 10.6 Å². The third-order valence-electron chi connectivity index (χ3n) is 4.19. The molecular formula is C14H21N3O3S2. The van der Waals surface area contributed by atoms with Crippen LogP contribution >= 0.6 is 11.3 Å². The molecule has 6 nitrogen and oxygen atoms in total. The quantitative estimate of drug-likeness (QED) is 0.836. The third-order valence-corrected chi connectivity index (χ3v) is 7.17. The molecule has 3 heterocycles. The van der Waals surface area contributed by atoms with Crippen molar-refractivity contribution < 1.29 is 13.2 Å². The molecule has 22 heavy (non-hydrogen) atoms. The molecule has 2 saturated heterocycles. The fraction of sp³-hybridized carbons (Fsp3) is 0.643. The molecule has 2 N–H and O–H groups in total. The second kappa shape index (κ2) is 6.66. The lowest BCUT2D eigenvalue weighted by Gasteiger charge is -2.16. The maximum atomic E-state index is 12.6. The van der Waals surface area contributed by atoms with Gasteiger partial charge in [0.1, 0.15) is 9.77 Å². The summed E-state index contributed by atoms with van der Waals surface area (Å²) in [6.45, 7) is 2.62. The summed E-state index contributed by atoms with van der Waals surface area (Å²) in [5, 5.41) is 7.84. The first-order chi connectivity index (χ1) is 10.6. The van der Waals surface area contributed by atoms with Gasteiger partial charge in [0.15, 0.2) is 0 Å². The van der Waals surface area contributed by atoms with Gasteiger partial charge in [-0.15, -0.1) is 11.3 Å². The molecule has 1 atom stereocenters. The van der Waals surface area contributed by atoms with Crippen LogP contribution in [0.3, 0.4) is 0 Å². The van der Waals surface area contributed by atoms with Crippen molar-refractivity contribution in [2.45, 2.75) is 36.6 Å². The zero-order valence-corrected chi connectivity index (χ0v) is 14.0. The average Bonchev–Trinajstić information content (AvgIpc) is 3.26. The van der Waals surface area contributed by atoms with Gasteiger partial charge in [0.05, 0.1) is 0 Å². The van der Waals surface area contributed by atoms with Gasteiger partial charge in [0.25, 0.3) is 5.91 Å². The molecule has 3 rings (SSSR count). The van der Waals surface area contributed by atoms with E-state index < -0.39 is 10.0 Å². The van der Waals surface area contributed by atoms with Crippen molar-refractivity contribution in [2.75, 3.05) is 26.2 Å². The maximum absolute atomic E-state index is 12.6. The Morgan fingerprint density at radius 1 is 1.36 bits per heavy atom. The molecule has 1 unspecified atom stereocenters. The van der Waals surface area contributed by atoms with Crippen LogP contribution in [0.4, 0.5) is 0 Å². The zero-order valence-electron chi connectivity index (χ0n) is 12.4. The summed E-state index contributed by atoms with van der Waals surface area (Å²) in [6.07, 6.45) is 3.94. The molecule has 1 aromatic heterocycles. The van der Waals surface area contributed by atoms with Crippen LogP contribution in [-0.2, 0) is 10.0 Å². The highest BCUT2D eigenvalue weighted by atomic mass is 32.2. The van der Waals surface area contributed by atoms with E-state index in [2.05, 4.69) is 10.6 Å². The predicted octanol–water partition coefficient (Wildman–Crippen LogP) is 1.01. The summed E-state index contributed by atoms with van der Waals surface area (Å²) in [4.78, 5) is 12.8. The first-order valence-electron chi connectivity index (χ1n) is 7.68. The highest BCUT2D eigenvalue weighted by Crippen LogP contribution is 2.27. The van der Waals surface area contributed by atoms with Crippen molar-refractivity contribution in [3.63, 3.8) is 0 Å². The molecule has 0 radical (unpaired) electrons. The second-order valence-corrected chi connectivity index (χ2v) is 8.55. The van der Waals surface area contributed by atoms with E-state index in [1.807, 2.05) is 0 Å². The molecule has 0 spiro atoms. The normalized spacial score (nSPS) is 23.0. The van der Waals surface area contributed by atoms with E-state index in [0.717, 1.165) is 32.2 Å². The molecule has 1 amide bonds. The number of rotatable bonds is 5. The van der Waals surface area contributed by atoms with Gasteiger partial charge >= 0.3 is 0 Å². The van der Waals surface area contributed by atoms with Gasteiger partial charge in [0, 0.05) is 25.7 Å². The van der Waals surface area contributed by atoms with Gasteiger partial charge in [-0.05, 0) is 43.7 Å². The van der Waals surface area contributed by atoms with Crippen LogP contribution in [-0.4, -0.2) is 50.9 Å². The van der Waals surface area contributed by atoms with Crippen LogP contribution in [0.25, 0.3) is 0 Å². The molecule has 0 bridgehead atoms. The van der Waals surface area contributed by atoms with Crippen LogP contribution in [0.1, 0.15) is 35.4 Å². The lowest BCUT2D eigenvalue weighted by atomic mass is 10.2. The Hall–Kier alpha value is -0.960. The summed E-state index contributed by atoms with van der Waals surface area (Å²) in [5.74, 6) is -0.290. The summed E-state index contributed by atoms with van der Waals surface area (Å²) < 4.78 is 26.7. The van der Waals surface area contributed by atoms with Crippen molar-refractivity contribution in [3.8, 4) is 0 Å². The number of thiophene rings is 1. The van der Waals surface area contributed by atoms with Gasteiger partial charge in [0.2, 0.25) is 10.0 Å². The maximum Gasteiger partial charge on any atom is 0.262 e. The largest absolute Gasteiger partial charge is 0.350 e. The van der Waals surface area contributed by atoms with Crippen LogP contribution in [0.2, 0.25) is 0 Å². The summed E-state index contributed by atoms with van der Waals surface area (Å²) >= 11 is 1.19. The fourth-order valence-electron chi connectivity index (χ4n) is 2.96. The first-order valence-corrected chi connectivity index (χ1v) is 10.0. The van der Waals surface area contributed by atoms with E-state index in [0.29, 0.717) is 30.6 Å². The first kappa shape index (κ1) is 15.9.